The molecule has 0 atom stereocenters. The van der Waals surface area contributed by atoms with Crippen LogP contribution < -0.4 is 4.74 Å². The van der Waals surface area contributed by atoms with Crippen molar-refractivity contribution >= 4 is 5.97 Å². The van der Waals surface area contributed by atoms with Gasteiger partial charge in [-0.15, -0.1) is 5.10 Å². The lowest BCUT2D eigenvalue weighted by Gasteiger charge is -2.13. The van der Waals surface area contributed by atoms with Gasteiger partial charge >= 0.3 is 12.1 Å². The summed E-state index contributed by atoms with van der Waals surface area (Å²) in [6.07, 6.45) is -2.05. The Labute approximate surface area is 116 Å². The summed E-state index contributed by atoms with van der Waals surface area (Å²) >= 11 is 0. The minimum atomic E-state index is -4.51. The number of carboxylic acids is 1. The zero-order valence-corrected chi connectivity index (χ0v) is 10.5. The highest BCUT2D eigenvalue weighted by molar-refractivity contribution is 5.71. The van der Waals surface area contributed by atoms with Crippen molar-refractivity contribution in [3.8, 4) is 11.4 Å². The summed E-state index contributed by atoms with van der Waals surface area (Å²) in [5, 5.41) is 16.0. The molecule has 0 saturated carbocycles. The molecule has 1 heterocycles. The minimum Gasteiger partial charge on any atom is -0.484 e. The van der Waals surface area contributed by atoms with Gasteiger partial charge in [0.1, 0.15) is 5.75 Å². The lowest BCUT2D eigenvalue weighted by atomic mass is 10.1. The van der Waals surface area contributed by atoms with Crippen molar-refractivity contribution in [2.75, 3.05) is 6.61 Å². The molecule has 0 bridgehead atoms. The molecule has 2 rings (SSSR count). The molecule has 2 aromatic rings. The summed E-state index contributed by atoms with van der Waals surface area (Å²) in [4.78, 5) is 10.7. The van der Waals surface area contributed by atoms with E-state index in [-0.39, 0.29) is 11.3 Å². The fourth-order valence-electron chi connectivity index (χ4n) is 1.63. The van der Waals surface area contributed by atoms with E-state index >= 15 is 0 Å². The highest BCUT2D eigenvalue weighted by atomic mass is 19.4. The number of hydrogen-bond donors (Lipinski definition) is 1. The smallest absolute Gasteiger partial charge is 0.422 e. The van der Waals surface area contributed by atoms with Gasteiger partial charge in [0.2, 0.25) is 0 Å². The maximum absolute atomic E-state index is 12.2. The highest BCUT2D eigenvalue weighted by Gasteiger charge is 2.29. The third-order valence-electron chi connectivity index (χ3n) is 2.47. The summed E-state index contributed by atoms with van der Waals surface area (Å²) in [5.41, 5.74) is 0.564. The predicted molar refractivity (Wildman–Crippen MR) is 64.2 cm³/mol. The van der Waals surface area contributed by atoms with Crippen LogP contribution in [0.5, 0.6) is 5.75 Å². The first kappa shape index (κ1) is 14.8. The Bertz CT molecular complexity index is 626. The fraction of sp³-hybridized carbons (Fsp3) is 0.250. The number of hydrogen-bond acceptors (Lipinski definition) is 4. The Morgan fingerprint density at radius 3 is 2.71 bits per heavy atom. The number of aliphatic carboxylic acids is 1. The summed E-state index contributed by atoms with van der Waals surface area (Å²) in [7, 11) is 0. The van der Waals surface area contributed by atoms with Crippen molar-refractivity contribution in [3.05, 3.63) is 36.2 Å². The molecule has 9 heteroatoms. The van der Waals surface area contributed by atoms with Crippen LogP contribution in [0.2, 0.25) is 0 Å². The van der Waals surface area contributed by atoms with Gasteiger partial charge in [0, 0.05) is 11.6 Å². The van der Waals surface area contributed by atoms with Gasteiger partial charge in [-0.05, 0) is 6.07 Å². The number of carboxylic acid groups (broad SMARTS) is 1. The van der Waals surface area contributed by atoms with Crippen LogP contribution in [0.15, 0.2) is 30.6 Å². The van der Waals surface area contributed by atoms with E-state index in [4.69, 9.17) is 9.84 Å². The van der Waals surface area contributed by atoms with E-state index in [9.17, 15) is 18.0 Å². The Hall–Kier alpha value is -2.58. The molecule has 0 radical (unpaired) electrons. The first-order valence-electron chi connectivity index (χ1n) is 5.76. The van der Waals surface area contributed by atoms with Crippen LogP contribution in [0.4, 0.5) is 13.2 Å². The number of aromatic nitrogens is 3. The molecule has 0 spiro atoms. The molecule has 1 N–H and O–H groups in total. The third-order valence-corrected chi connectivity index (χ3v) is 2.47. The van der Waals surface area contributed by atoms with Crippen molar-refractivity contribution in [3.63, 3.8) is 0 Å². The molecule has 0 aliphatic rings. The molecule has 0 saturated heterocycles. The van der Waals surface area contributed by atoms with Crippen LogP contribution in [0.3, 0.4) is 0 Å². The molecule has 112 valence electrons. The zero-order chi connectivity index (χ0) is 15.5. The maximum Gasteiger partial charge on any atom is 0.422 e. The molecule has 0 aliphatic carbocycles. The summed E-state index contributed by atoms with van der Waals surface area (Å²) in [6.45, 7) is -1.50. The van der Waals surface area contributed by atoms with Crippen LogP contribution in [0.25, 0.3) is 5.69 Å². The van der Waals surface area contributed by atoms with Gasteiger partial charge in [-0.25, -0.2) is 4.68 Å². The molecule has 1 aromatic carbocycles. The molecule has 21 heavy (non-hydrogen) atoms. The maximum atomic E-state index is 12.2. The molecular formula is C12H10F3N3O3. The van der Waals surface area contributed by atoms with Crippen molar-refractivity contribution in [1.82, 2.24) is 15.0 Å². The van der Waals surface area contributed by atoms with Gasteiger partial charge in [-0.2, -0.15) is 13.2 Å². The van der Waals surface area contributed by atoms with Gasteiger partial charge in [0.05, 0.1) is 24.5 Å². The largest absolute Gasteiger partial charge is 0.484 e. The fourth-order valence-corrected chi connectivity index (χ4v) is 1.63. The standard InChI is InChI=1S/C12H10F3N3O3/c13-12(14,15)7-21-10-6-9(18-4-3-16-17-18)2-1-8(10)5-11(19)20/h1-4,6H,5,7H2,(H,19,20). The van der Waals surface area contributed by atoms with Crippen molar-refractivity contribution in [1.29, 1.82) is 0 Å². The molecule has 0 unspecified atom stereocenters. The highest BCUT2D eigenvalue weighted by Crippen LogP contribution is 2.25. The van der Waals surface area contributed by atoms with Crippen LogP contribution in [-0.2, 0) is 11.2 Å². The Balaban J connectivity index is 2.31. The molecular weight excluding hydrogens is 291 g/mol. The van der Waals surface area contributed by atoms with Crippen molar-refractivity contribution < 1.29 is 27.8 Å². The van der Waals surface area contributed by atoms with E-state index in [1.54, 1.807) is 0 Å². The van der Waals surface area contributed by atoms with Gasteiger partial charge in [-0.1, -0.05) is 11.3 Å². The van der Waals surface area contributed by atoms with Crippen LogP contribution >= 0.6 is 0 Å². The Morgan fingerprint density at radius 1 is 1.38 bits per heavy atom. The van der Waals surface area contributed by atoms with E-state index in [0.717, 1.165) is 0 Å². The van der Waals surface area contributed by atoms with E-state index < -0.39 is 25.2 Å². The van der Waals surface area contributed by atoms with Gasteiger partial charge in [0.15, 0.2) is 6.61 Å². The third kappa shape index (κ3) is 4.20. The van der Waals surface area contributed by atoms with Gasteiger partial charge in [0.25, 0.3) is 0 Å². The second-order valence-electron chi connectivity index (χ2n) is 4.11. The molecule has 0 amide bonds. The lowest BCUT2D eigenvalue weighted by molar-refractivity contribution is -0.153. The van der Waals surface area contributed by atoms with Crippen LogP contribution in [0, 0.1) is 0 Å². The topological polar surface area (TPSA) is 77.2 Å². The molecule has 1 aromatic heterocycles. The predicted octanol–water partition coefficient (Wildman–Crippen LogP) is 1.84. The lowest BCUT2D eigenvalue weighted by Crippen LogP contribution is -2.20. The van der Waals surface area contributed by atoms with Gasteiger partial charge < -0.3 is 9.84 Å². The number of ether oxygens (including phenoxy) is 1. The molecule has 0 fully saturated rings. The van der Waals surface area contributed by atoms with E-state index in [1.807, 2.05) is 0 Å². The molecule has 0 aliphatic heterocycles. The van der Waals surface area contributed by atoms with E-state index in [0.29, 0.717) is 5.69 Å². The second-order valence-corrected chi connectivity index (χ2v) is 4.11. The summed E-state index contributed by atoms with van der Waals surface area (Å²) < 4.78 is 42.7. The molecule has 6 nitrogen and oxygen atoms in total. The number of benzene rings is 1. The Kier molecular flexibility index (Phi) is 4.10. The van der Waals surface area contributed by atoms with Gasteiger partial charge in [-0.3, -0.25) is 4.79 Å². The average molecular weight is 301 g/mol. The minimum absolute atomic E-state index is 0.149. The number of halogens is 3. The quantitative estimate of drug-likeness (QED) is 0.911. The van der Waals surface area contributed by atoms with Crippen LogP contribution in [-0.4, -0.2) is 38.9 Å². The first-order chi connectivity index (χ1) is 9.85. The first-order valence-corrected chi connectivity index (χ1v) is 5.76. The number of alkyl halides is 3. The SMILES string of the molecule is O=C(O)Cc1ccc(-n2ccnn2)cc1OCC(F)(F)F. The number of nitrogens with zero attached hydrogens (tertiary/aromatic N) is 3. The van der Waals surface area contributed by atoms with E-state index in [2.05, 4.69) is 10.3 Å². The second kappa shape index (κ2) is 5.81. The number of rotatable bonds is 5. The van der Waals surface area contributed by atoms with Crippen molar-refractivity contribution in [2.24, 2.45) is 0 Å². The average Bonchev–Trinajstić information content (AvgIpc) is 2.90. The van der Waals surface area contributed by atoms with E-state index in [1.165, 1.54) is 35.3 Å². The van der Waals surface area contributed by atoms with Crippen LogP contribution in [0.1, 0.15) is 5.56 Å². The number of carbonyl (C=O) groups is 1. The Morgan fingerprint density at radius 2 is 2.14 bits per heavy atom. The monoisotopic (exact) mass is 301 g/mol. The zero-order valence-electron chi connectivity index (χ0n) is 10.5. The summed E-state index contributed by atoms with van der Waals surface area (Å²) in [6, 6.07) is 4.20. The van der Waals surface area contributed by atoms with Crippen molar-refractivity contribution in [2.45, 2.75) is 12.6 Å². The summed E-state index contributed by atoms with van der Waals surface area (Å²) in [5.74, 6) is -1.32. The normalized spacial score (nSPS) is 11.4.